The number of fused-ring (bicyclic) bond motifs is 7. The number of benzene rings is 7. The van der Waals surface area contributed by atoms with Gasteiger partial charge in [0, 0.05) is 44.7 Å². The number of amidine groups is 2. The summed E-state index contributed by atoms with van der Waals surface area (Å²) in [6.07, 6.45) is 0. The molecular formula is C43H31N3O. The van der Waals surface area contributed by atoms with Gasteiger partial charge in [0.2, 0.25) is 0 Å². The molecule has 4 heteroatoms. The van der Waals surface area contributed by atoms with Crippen molar-refractivity contribution >= 4 is 72.2 Å². The fourth-order valence-corrected chi connectivity index (χ4v) is 7.00. The third-order valence-electron chi connectivity index (χ3n) is 9.13. The summed E-state index contributed by atoms with van der Waals surface area (Å²) in [5.74, 6) is 1.66. The third-order valence-corrected chi connectivity index (χ3v) is 9.13. The first-order valence-electron chi connectivity index (χ1n) is 16.1. The van der Waals surface area contributed by atoms with Crippen molar-refractivity contribution in [1.82, 2.24) is 0 Å². The fourth-order valence-electron chi connectivity index (χ4n) is 7.00. The molecule has 0 saturated heterocycles. The summed E-state index contributed by atoms with van der Waals surface area (Å²) in [6, 6.07) is 50.9. The summed E-state index contributed by atoms with van der Waals surface area (Å²) >= 11 is 0. The van der Waals surface area contributed by atoms with Crippen LogP contribution < -0.4 is 4.90 Å². The molecule has 1 aliphatic heterocycles. The van der Waals surface area contributed by atoms with Gasteiger partial charge in [-0.15, -0.1) is 0 Å². The van der Waals surface area contributed by atoms with Crippen molar-refractivity contribution in [3.8, 4) is 11.1 Å². The normalized spacial score (nSPS) is 13.3. The Kier molecular flexibility index (Phi) is 6.29. The summed E-state index contributed by atoms with van der Waals surface area (Å²) < 4.78 is 6.23. The van der Waals surface area contributed by atoms with E-state index in [1.807, 2.05) is 42.5 Å². The van der Waals surface area contributed by atoms with E-state index >= 15 is 0 Å². The zero-order valence-corrected chi connectivity index (χ0v) is 26.2. The van der Waals surface area contributed by atoms with E-state index < -0.39 is 0 Å². The van der Waals surface area contributed by atoms with Crippen LogP contribution in [0.15, 0.2) is 160 Å². The maximum absolute atomic E-state index is 6.23. The molecule has 0 bridgehead atoms. The Morgan fingerprint density at radius 1 is 0.596 bits per heavy atom. The molecule has 1 aliphatic rings. The first-order valence-corrected chi connectivity index (χ1v) is 16.1. The minimum Gasteiger partial charge on any atom is -0.456 e. The van der Waals surface area contributed by atoms with Crippen LogP contribution in [0.4, 0.5) is 17.1 Å². The highest BCUT2D eigenvalue weighted by Gasteiger charge is 2.31. The molecule has 0 N–H and O–H groups in total. The lowest BCUT2D eigenvalue weighted by molar-refractivity contribution is 0.669. The number of hydrogen-bond acceptors (Lipinski definition) is 2. The predicted molar refractivity (Wildman–Crippen MR) is 198 cm³/mol. The number of hydrogen-bond donors (Lipinski definition) is 0. The standard InChI is InChI=1S/C43H31N3O/c1-27(2)43(45-42(30-13-4-3-5-14-30)44-31-23-25-34-33-18-8-9-21-38(33)47-39(34)26-31)46-37-20-11-16-29-15-10-19-35(40(29)37)36-24-22-28-12-6-7-17-32(28)41(36)46/h3-27H,1-2H3. The van der Waals surface area contributed by atoms with Crippen LogP contribution >= 0.6 is 0 Å². The first-order chi connectivity index (χ1) is 23.1. The molecule has 4 nitrogen and oxygen atoms in total. The van der Waals surface area contributed by atoms with Crippen molar-refractivity contribution < 1.29 is 4.42 Å². The highest BCUT2D eigenvalue weighted by atomic mass is 16.3. The highest BCUT2D eigenvalue weighted by Crippen LogP contribution is 2.51. The van der Waals surface area contributed by atoms with Crippen LogP contribution in [0, 0.1) is 5.92 Å². The lowest BCUT2D eigenvalue weighted by atomic mass is 9.88. The Bertz CT molecular complexity index is 2550. The molecule has 1 aromatic heterocycles. The largest absolute Gasteiger partial charge is 0.456 e. The lowest BCUT2D eigenvalue weighted by Crippen LogP contribution is -2.33. The molecule has 9 rings (SSSR count). The topological polar surface area (TPSA) is 41.1 Å². The number of rotatable bonds is 3. The molecule has 8 aromatic rings. The van der Waals surface area contributed by atoms with Gasteiger partial charge in [0.25, 0.3) is 0 Å². The van der Waals surface area contributed by atoms with Crippen molar-refractivity contribution in [1.29, 1.82) is 0 Å². The van der Waals surface area contributed by atoms with Gasteiger partial charge in [0.15, 0.2) is 5.84 Å². The Hall–Kier alpha value is -6.00. The molecule has 47 heavy (non-hydrogen) atoms. The molecule has 0 saturated carbocycles. The molecule has 2 heterocycles. The van der Waals surface area contributed by atoms with E-state index in [1.165, 1.54) is 32.7 Å². The van der Waals surface area contributed by atoms with Crippen LogP contribution in [0.1, 0.15) is 19.4 Å². The smallest absolute Gasteiger partial charge is 0.161 e. The third kappa shape index (κ3) is 4.44. The Labute approximate surface area is 272 Å². The maximum atomic E-state index is 6.23. The second kappa shape index (κ2) is 10.8. The molecule has 0 aliphatic carbocycles. The fraction of sp³-hybridized carbons (Fsp3) is 0.0698. The second-order valence-electron chi connectivity index (χ2n) is 12.4. The number of anilines is 2. The summed E-state index contributed by atoms with van der Waals surface area (Å²) in [6.45, 7) is 4.43. The molecule has 7 aromatic carbocycles. The average Bonchev–Trinajstić information content (AvgIpc) is 3.49. The van der Waals surface area contributed by atoms with Crippen LogP contribution in [-0.2, 0) is 0 Å². The molecule has 0 spiro atoms. The number of nitrogens with zero attached hydrogens (tertiary/aromatic N) is 3. The zero-order valence-electron chi connectivity index (χ0n) is 26.2. The number of aliphatic imine (C=N–C) groups is 2. The van der Waals surface area contributed by atoms with Crippen molar-refractivity contribution in [3.63, 3.8) is 0 Å². The minimum absolute atomic E-state index is 0.0779. The summed E-state index contributed by atoms with van der Waals surface area (Å²) in [5.41, 5.74) is 8.15. The monoisotopic (exact) mass is 605 g/mol. The van der Waals surface area contributed by atoms with E-state index in [-0.39, 0.29) is 5.92 Å². The van der Waals surface area contributed by atoms with E-state index in [9.17, 15) is 0 Å². The van der Waals surface area contributed by atoms with Crippen LogP contribution in [0.2, 0.25) is 0 Å². The molecule has 0 atom stereocenters. The van der Waals surface area contributed by atoms with Crippen molar-refractivity contribution in [2.75, 3.05) is 4.90 Å². The Morgan fingerprint density at radius 2 is 1.32 bits per heavy atom. The Balaban J connectivity index is 1.31. The van der Waals surface area contributed by atoms with Crippen molar-refractivity contribution in [2.45, 2.75) is 13.8 Å². The van der Waals surface area contributed by atoms with Crippen LogP contribution in [-0.4, -0.2) is 11.7 Å². The van der Waals surface area contributed by atoms with Crippen molar-refractivity contribution in [2.24, 2.45) is 15.9 Å². The van der Waals surface area contributed by atoms with E-state index in [4.69, 9.17) is 14.4 Å². The van der Waals surface area contributed by atoms with Crippen molar-refractivity contribution in [3.05, 3.63) is 151 Å². The molecule has 0 amide bonds. The first kappa shape index (κ1) is 27.3. The van der Waals surface area contributed by atoms with Gasteiger partial charge in [-0.05, 0) is 40.6 Å². The van der Waals surface area contributed by atoms with Gasteiger partial charge < -0.3 is 4.42 Å². The molecular weight excluding hydrogens is 574 g/mol. The summed E-state index contributed by atoms with van der Waals surface area (Å²) in [4.78, 5) is 13.1. The SMILES string of the molecule is CC(C)C(=NC(=Nc1ccc2c(c1)oc1ccccc12)c1ccccc1)N1c2c(ccc3ccccc23)-c2cccc3cccc1c23. The van der Waals surface area contributed by atoms with E-state index in [1.54, 1.807) is 0 Å². The molecule has 0 fully saturated rings. The van der Waals surface area contributed by atoms with Gasteiger partial charge in [-0.1, -0.05) is 129 Å². The van der Waals surface area contributed by atoms with E-state index in [0.717, 1.165) is 50.4 Å². The molecule has 224 valence electrons. The zero-order chi connectivity index (χ0) is 31.5. The molecule has 0 radical (unpaired) electrons. The van der Waals surface area contributed by atoms with E-state index in [2.05, 4.69) is 122 Å². The quantitative estimate of drug-likeness (QED) is 0.148. The Morgan fingerprint density at radius 3 is 2.17 bits per heavy atom. The van der Waals surface area contributed by atoms with Crippen LogP contribution in [0.3, 0.4) is 0 Å². The predicted octanol–water partition coefficient (Wildman–Crippen LogP) is 11.8. The molecule has 0 unspecified atom stereocenters. The van der Waals surface area contributed by atoms with Gasteiger partial charge in [0.05, 0.1) is 17.1 Å². The highest BCUT2D eigenvalue weighted by molar-refractivity contribution is 6.26. The average molecular weight is 606 g/mol. The van der Waals surface area contributed by atoms with Gasteiger partial charge in [0.1, 0.15) is 17.0 Å². The minimum atomic E-state index is 0.0779. The maximum Gasteiger partial charge on any atom is 0.161 e. The van der Waals surface area contributed by atoms with Gasteiger partial charge in [-0.25, -0.2) is 9.98 Å². The lowest BCUT2D eigenvalue weighted by Gasteiger charge is -2.36. The van der Waals surface area contributed by atoms with Crippen LogP contribution in [0.5, 0.6) is 0 Å². The summed E-state index contributed by atoms with van der Waals surface area (Å²) in [5, 5.41) is 7.02. The summed E-state index contributed by atoms with van der Waals surface area (Å²) in [7, 11) is 0. The van der Waals surface area contributed by atoms with Crippen LogP contribution in [0.25, 0.3) is 54.6 Å². The number of para-hydroxylation sites is 1. The van der Waals surface area contributed by atoms with Gasteiger partial charge in [-0.3, -0.25) is 4.90 Å². The van der Waals surface area contributed by atoms with E-state index in [0.29, 0.717) is 5.84 Å². The van der Waals surface area contributed by atoms with Gasteiger partial charge >= 0.3 is 0 Å². The second-order valence-corrected chi connectivity index (χ2v) is 12.4. The van der Waals surface area contributed by atoms with Gasteiger partial charge in [-0.2, -0.15) is 0 Å². The number of furan rings is 1.